The zero-order valence-electron chi connectivity index (χ0n) is 13.1. The summed E-state index contributed by atoms with van der Waals surface area (Å²) < 4.78 is 24.6. The van der Waals surface area contributed by atoms with E-state index in [-0.39, 0.29) is 5.75 Å². The fourth-order valence-electron chi connectivity index (χ4n) is 2.45. The van der Waals surface area contributed by atoms with Gasteiger partial charge in [-0.15, -0.1) is 0 Å². The van der Waals surface area contributed by atoms with Crippen molar-refractivity contribution in [2.24, 2.45) is 0 Å². The van der Waals surface area contributed by atoms with Crippen molar-refractivity contribution in [1.82, 2.24) is 5.32 Å². The molecule has 114 valence electrons. The average molecular weight is 297 g/mol. The molecule has 0 aliphatic heterocycles. The number of hydrogen-bond donors (Lipinski definition) is 1. The van der Waals surface area contributed by atoms with Gasteiger partial charge >= 0.3 is 0 Å². The molecule has 1 rings (SSSR count). The number of nitrogens with one attached hydrogen (secondary N) is 1. The second kappa shape index (κ2) is 7.79. The van der Waals surface area contributed by atoms with Crippen molar-refractivity contribution in [2.45, 2.75) is 57.9 Å². The number of unbranched alkanes of at least 4 members (excludes halogenated alkanes) is 1. The van der Waals surface area contributed by atoms with Crippen LogP contribution in [-0.4, -0.2) is 26.8 Å². The SMILES string of the molecule is CCNC(C)CCCCS(=O)(=O)c1ccc(C)cc1C. The molecule has 0 aliphatic rings. The normalized spacial score (nSPS) is 13.4. The number of hydrogen-bond acceptors (Lipinski definition) is 3. The Morgan fingerprint density at radius 2 is 1.90 bits per heavy atom. The molecule has 0 aromatic heterocycles. The Bertz CT molecular complexity index is 523. The Morgan fingerprint density at radius 1 is 1.20 bits per heavy atom. The topological polar surface area (TPSA) is 46.2 Å². The molecule has 1 unspecified atom stereocenters. The quantitative estimate of drug-likeness (QED) is 0.749. The van der Waals surface area contributed by atoms with Crippen molar-refractivity contribution in [3.8, 4) is 0 Å². The van der Waals surface area contributed by atoms with Gasteiger partial charge in [0.2, 0.25) is 0 Å². The number of aryl methyl sites for hydroxylation is 2. The summed E-state index contributed by atoms with van der Waals surface area (Å²) in [5.74, 6) is 0.246. The summed E-state index contributed by atoms with van der Waals surface area (Å²) in [5, 5.41) is 3.34. The van der Waals surface area contributed by atoms with Gasteiger partial charge in [0.25, 0.3) is 0 Å². The van der Waals surface area contributed by atoms with Crippen LogP contribution in [0.4, 0.5) is 0 Å². The molecule has 4 heteroatoms. The lowest BCUT2D eigenvalue weighted by atomic mass is 10.1. The van der Waals surface area contributed by atoms with Gasteiger partial charge < -0.3 is 5.32 Å². The minimum absolute atomic E-state index is 0.246. The van der Waals surface area contributed by atoms with Crippen LogP contribution in [0.25, 0.3) is 0 Å². The highest BCUT2D eigenvalue weighted by molar-refractivity contribution is 7.91. The summed E-state index contributed by atoms with van der Waals surface area (Å²) in [6.07, 6.45) is 2.69. The summed E-state index contributed by atoms with van der Waals surface area (Å²) in [5.41, 5.74) is 1.95. The fraction of sp³-hybridized carbons (Fsp3) is 0.625. The lowest BCUT2D eigenvalue weighted by molar-refractivity contribution is 0.507. The molecule has 0 aliphatic carbocycles. The Kier molecular flexibility index (Phi) is 6.69. The van der Waals surface area contributed by atoms with E-state index in [0.717, 1.165) is 36.9 Å². The van der Waals surface area contributed by atoms with Crippen LogP contribution in [0.5, 0.6) is 0 Å². The molecule has 0 heterocycles. The van der Waals surface area contributed by atoms with Crippen LogP contribution in [0.2, 0.25) is 0 Å². The highest BCUT2D eigenvalue weighted by atomic mass is 32.2. The van der Waals surface area contributed by atoms with Crippen LogP contribution < -0.4 is 5.32 Å². The highest BCUT2D eigenvalue weighted by Crippen LogP contribution is 2.19. The van der Waals surface area contributed by atoms with Gasteiger partial charge in [0, 0.05) is 6.04 Å². The second-order valence-electron chi connectivity index (χ2n) is 5.54. The third-order valence-electron chi connectivity index (χ3n) is 3.52. The average Bonchev–Trinajstić information content (AvgIpc) is 2.34. The third-order valence-corrected chi connectivity index (χ3v) is 5.47. The van der Waals surface area contributed by atoms with Gasteiger partial charge in [0.05, 0.1) is 10.6 Å². The zero-order chi connectivity index (χ0) is 15.2. The molecule has 1 atom stereocenters. The first-order valence-electron chi connectivity index (χ1n) is 7.40. The molecule has 3 nitrogen and oxygen atoms in total. The molecule has 1 aromatic rings. The smallest absolute Gasteiger partial charge is 0.178 e. The maximum Gasteiger partial charge on any atom is 0.178 e. The molecule has 1 aromatic carbocycles. The molecule has 0 saturated carbocycles. The van der Waals surface area contributed by atoms with Crippen LogP contribution in [0.15, 0.2) is 23.1 Å². The van der Waals surface area contributed by atoms with Crippen LogP contribution in [-0.2, 0) is 9.84 Å². The maximum absolute atomic E-state index is 12.3. The molecular formula is C16H27NO2S. The van der Waals surface area contributed by atoms with Crippen LogP contribution in [0.3, 0.4) is 0 Å². The van der Waals surface area contributed by atoms with E-state index < -0.39 is 9.84 Å². The van der Waals surface area contributed by atoms with Crippen molar-refractivity contribution >= 4 is 9.84 Å². The first-order valence-corrected chi connectivity index (χ1v) is 9.05. The van der Waals surface area contributed by atoms with E-state index in [0.29, 0.717) is 10.9 Å². The van der Waals surface area contributed by atoms with Gasteiger partial charge in [0.1, 0.15) is 0 Å². The molecule has 0 fully saturated rings. The van der Waals surface area contributed by atoms with Crippen LogP contribution >= 0.6 is 0 Å². The predicted octanol–water partition coefficient (Wildman–Crippen LogP) is 3.25. The number of benzene rings is 1. The Morgan fingerprint density at radius 3 is 2.50 bits per heavy atom. The summed E-state index contributed by atoms with van der Waals surface area (Å²) in [4.78, 5) is 0.489. The van der Waals surface area contributed by atoms with E-state index in [4.69, 9.17) is 0 Å². The summed E-state index contributed by atoms with van der Waals surface area (Å²) >= 11 is 0. The van der Waals surface area contributed by atoms with Crippen molar-refractivity contribution in [3.63, 3.8) is 0 Å². The fourth-order valence-corrected chi connectivity index (χ4v) is 4.08. The zero-order valence-corrected chi connectivity index (χ0v) is 13.9. The Hall–Kier alpha value is -0.870. The van der Waals surface area contributed by atoms with E-state index in [1.54, 1.807) is 6.07 Å². The van der Waals surface area contributed by atoms with Gasteiger partial charge in [-0.1, -0.05) is 31.0 Å². The highest BCUT2D eigenvalue weighted by Gasteiger charge is 2.16. The largest absolute Gasteiger partial charge is 0.315 e. The molecule has 0 bridgehead atoms. The maximum atomic E-state index is 12.3. The Labute approximate surface area is 123 Å². The summed E-state index contributed by atoms with van der Waals surface area (Å²) in [7, 11) is -3.14. The van der Waals surface area contributed by atoms with E-state index in [2.05, 4.69) is 19.2 Å². The minimum atomic E-state index is -3.14. The molecule has 0 radical (unpaired) electrons. The van der Waals surface area contributed by atoms with Crippen LogP contribution in [0, 0.1) is 13.8 Å². The van der Waals surface area contributed by atoms with E-state index in [9.17, 15) is 8.42 Å². The third kappa shape index (κ3) is 5.25. The van der Waals surface area contributed by atoms with Gasteiger partial charge in [-0.25, -0.2) is 8.42 Å². The van der Waals surface area contributed by atoms with Gasteiger partial charge in [0.15, 0.2) is 9.84 Å². The van der Waals surface area contributed by atoms with Gasteiger partial charge in [-0.05, 0) is 51.8 Å². The lowest BCUT2D eigenvalue weighted by Crippen LogP contribution is -2.25. The monoisotopic (exact) mass is 297 g/mol. The number of sulfone groups is 1. The molecule has 1 N–H and O–H groups in total. The van der Waals surface area contributed by atoms with Crippen molar-refractivity contribution in [1.29, 1.82) is 0 Å². The van der Waals surface area contributed by atoms with Crippen molar-refractivity contribution in [2.75, 3.05) is 12.3 Å². The Balaban J connectivity index is 2.54. The summed E-state index contributed by atoms with van der Waals surface area (Å²) in [6.45, 7) is 9.03. The first-order chi connectivity index (χ1) is 9.36. The number of rotatable bonds is 8. The van der Waals surface area contributed by atoms with Gasteiger partial charge in [-0.3, -0.25) is 0 Å². The standard InChI is InChI=1S/C16H27NO2S/c1-5-17-15(4)8-6-7-11-20(18,19)16-10-9-13(2)12-14(16)3/h9-10,12,15,17H,5-8,11H2,1-4H3. The van der Waals surface area contributed by atoms with Crippen molar-refractivity contribution in [3.05, 3.63) is 29.3 Å². The van der Waals surface area contributed by atoms with Crippen molar-refractivity contribution < 1.29 is 8.42 Å². The first kappa shape index (κ1) is 17.2. The molecule has 0 amide bonds. The molecule has 0 saturated heterocycles. The van der Waals surface area contributed by atoms with Gasteiger partial charge in [-0.2, -0.15) is 0 Å². The van der Waals surface area contributed by atoms with E-state index in [1.807, 2.05) is 26.0 Å². The van der Waals surface area contributed by atoms with E-state index >= 15 is 0 Å². The second-order valence-corrected chi connectivity index (χ2v) is 7.62. The van der Waals surface area contributed by atoms with E-state index in [1.165, 1.54) is 0 Å². The molecule has 0 spiro atoms. The van der Waals surface area contributed by atoms with Crippen LogP contribution in [0.1, 0.15) is 44.2 Å². The molecule has 20 heavy (non-hydrogen) atoms. The molecular weight excluding hydrogens is 270 g/mol. The summed E-state index contributed by atoms with van der Waals surface area (Å²) in [6, 6.07) is 6.00. The predicted molar refractivity (Wildman–Crippen MR) is 85.0 cm³/mol. The minimum Gasteiger partial charge on any atom is -0.315 e. The lowest BCUT2D eigenvalue weighted by Gasteiger charge is -2.12.